The van der Waals surface area contributed by atoms with Crippen molar-refractivity contribution in [1.82, 2.24) is 9.97 Å². The lowest BCUT2D eigenvalue weighted by Crippen LogP contribution is -2.15. The molecule has 4 heteroatoms. The van der Waals surface area contributed by atoms with Crippen molar-refractivity contribution in [2.45, 2.75) is 33.1 Å². The van der Waals surface area contributed by atoms with Gasteiger partial charge in [-0.25, -0.2) is 4.98 Å². The standard InChI is InChI=1S/C9H13BrN2O/c1-3-5-7-11-6(4-2)8(10)9(13)12-7/h3-5H2,1-2H3,(H,11,12,13). The lowest BCUT2D eigenvalue weighted by molar-refractivity contribution is 0.798. The topological polar surface area (TPSA) is 45.8 Å². The summed E-state index contributed by atoms with van der Waals surface area (Å²) in [6, 6.07) is 0. The van der Waals surface area contributed by atoms with Crippen LogP contribution in [0, 0.1) is 0 Å². The quantitative estimate of drug-likeness (QED) is 0.885. The molecular formula is C9H13BrN2O. The molecule has 0 aromatic carbocycles. The zero-order valence-corrected chi connectivity index (χ0v) is 9.44. The molecule has 1 aromatic heterocycles. The Balaban J connectivity index is 3.14. The van der Waals surface area contributed by atoms with Gasteiger partial charge in [-0.15, -0.1) is 0 Å². The number of H-pyrrole nitrogens is 1. The van der Waals surface area contributed by atoms with Gasteiger partial charge >= 0.3 is 0 Å². The predicted octanol–water partition coefficient (Wildman–Crippen LogP) is 2.05. The number of rotatable bonds is 3. The average Bonchev–Trinajstić information content (AvgIpc) is 2.11. The van der Waals surface area contributed by atoms with Crippen molar-refractivity contribution in [2.24, 2.45) is 0 Å². The van der Waals surface area contributed by atoms with Gasteiger partial charge in [-0.1, -0.05) is 13.8 Å². The highest BCUT2D eigenvalue weighted by atomic mass is 79.9. The summed E-state index contributed by atoms with van der Waals surface area (Å²) in [5.41, 5.74) is 0.766. The molecule has 0 radical (unpaired) electrons. The van der Waals surface area contributed by atoms with Crippen LogP contribution >= 0.6 is 15.9 Å². The van der Waals surface area contributed by atoms with Gasteiger partial charge in [-0.2, -0.15) is 0 Å². The number of nitrogens with zero attached hydrogens (tertiary/aromatic N) is 1. The van der Waals surface area contributed by atoms with Gasteiger partial charge in [0.25, 0.3) is 5.56 Å². The number of hydrogen-bond acceptors (Lipinski definition) is 2. The minimum absolute atomic E-state index is 0.0738. The van der Waals surface area contributed by atoms with Crippen LogP contribution in [-0.4, -0.2) is 9.97 Å². The van der Waals surface area contributed by atoms with E-state index < -0.39 is 0 Å². The van der Waals surface area contributed by atoms with Crippen LogP contribution in [-0.2, 0) is 12.8 Å². The first-order valence-corrected chi connectivity index (χ1v) is 5.25. The molecule has 0 bridgehead atoms. The first-order chi connectivity index (χ1) is 6.19. The molecule has 3 nitrogen and oxygen atoms in total. The maximum Gasteiger partial charge on any atom is 0.265 e. The summed E-state index contributed by atoms with van der Waals surface area (Å²) in [5.74, 6) is 0.785. The van der Waals surface area contributed by atoms with Crippen LogP contribution in [0.4, 0.5) is 0 Å². The fourth-order valence-corrected chi connectivity index (χ4v) is 1.61. The number of aromatic amines is 1. The van der Waals surface area contributed by atoms with Crippen LogP contribution in [0.1, 0.15) is 31.8 Å². The van der Waals surface area contributed by atoms with E-state index in [1.807, 2.05) is 6.92 Å². The van der Waals surface area contributed by atoms with Crippen molar-refractivity contribution in [2.75, 3.05) is 0 Å². The molecule has 0 aliphatic heterocycles. The van der Waals surface area contributed by atoms with E-state index in [0.29, 0.717) is 4.47 Å². The number of halogens is 1. The zero-order chi connectivity index (χ0) is 9.84. The average molecular weight is 245 g/mol. The van der Waals surface area contributed by atoms with Crippen molar-refractivity contribution >= 4 is 15.9 Å². The van der Waals surface area contributed by atoms with Gasteiger partial charge in [0.1, 0.15) is 10.3 Å². The third kappa shape index (κ3) is 2.40. The summed E-state index contributed by atoms with van der Waals surface area (Å²) in [6.07, 6.45) is 2.60. The van der Waals surface area contributed by atoms with Crippen molar-refractivity contribution in [3.63, 3.8) is 0 Å². The lowest BCUT2D eigenvalue weighted by atomic mass is 10.3. The maximum absolute atomic E-state index is 11.4. The minimum atomic E-state index is -0.0738. The highest BCUT2D eigenvalue weighted by Gasteiger charge is 2.05. The first kappa shape index (κ1) is 10.4. The van der Waals surface area contributed by atoms with E-state index in [4.69, 9.17) is 0 Å². The van der Waals surface area contributed by atoms with Crippen molar-refractivity contribution in [3.8, 4) is 0 Å². The van der Waals surface area contributed by atoms with E-state index >= 15 is 0 Å². The van der Waals surface area contributed by atoms with Gasteiger partial charge < -0.3 is 4.98 Å². The number of hydrogen-bond donors (Lipinski definition) is 1. The van der Waals surface area contributed by atoms with Gasteiger partial charge in [0.2, 0.25) is 0 Å². The second-order valence-corrected chi connectivity index (χ2v) is 3.67. The van der Waals surface area contributed by atoms with Crippen molar-refractivity contribution in [3.05, 3.63) is 26.3 Å². The largest absolute Gasteiger partial charge is 0.310 e. The summed E-state index contributed by atoms with van der Waals surface area (Å²) >= 11 is 3.22. The SMILES string of the molecule is CCCc1nc(CC)c(Br)c(=O)[nH]1. The molecule has 0 fully saturated rings. The Bertz CT molecular complexity index is 346. The Morgan fingerprint density at radius 2 is 2.15 bits per heavy atom. The summed E-state index contributed by atoms with van der Waals surface area (Å²) in [4.78, 5) is 18.4. The van der Waals surface area contributed by atoms with E-state index in [9.17, 15) is 4.79 Å². The zero-order valence-electron chi connectivity index (χ0n) is 7.85. The molecule has 0 amide bonds. The first-order valence-electron chi connectivity index (χ1n) is 4.46. The molecule has 0 saturated carbocycles. The predicted molar refractivity (Wildman–Crippen MR) is 55.9 cm³/mol. The number of aryl methyl sites for hydroxylation is 2. The smallest absolute Gasteiger partial charge is 0.265 e. The number of aromatic nitrogens is 2. The molecule has 72 valence electrons. The summed E-state index contributed by atoms with van der Waals surface area (Å²) in [7, 11) is 0. The van der Waals surface area contributed by atoms with Crippen LogP contribution in [0.5, 0.6) is 0 Å². The maximum atomic E-state index is 11.4. The van der Waals surface area contributed by atoms with Gasteiger partial charge in [-0.3, -0.25) is 4.79 Å². The second kappa shape index (κ2) is 4.56. The third-order valence-electron chi connectivity index (χ3n) is 1.80. The van der Waals surface area contributed by atoms with Crippen LogP contribution in [0.3, 0.4) is 0 Å². The molecule has 1 rings (SSSR count). The third-order valence-corrected chi connectivity index (χ3v) is 2.62. The van der Waals surface area contributed by atoms with E-state index in [1.54, 1.807) is 0 Å². The van der Waals surface area contributed by atoms with Crippen molar-refractivity contribution in [1.29, 1.82) is 0 Å². The van der Waals surface area contributed by atoms with Crippen molar-refractivity contribution < 1.29 is 0 Å². The molecule has 13 heavy (non-hydrogen) atoms. The van der Waals surface area contributed by atoms with Gasteiger partial charge in [0, 0.05) is 6.42 Å². The van der Waals surface area contributed by atoms with E-state index in [2.05, 4.69) is 32.8 Å². The van der Waals surface area contributed by atoms with Crippen LogP contribution in [0.25, 0.3) is 0 Å². The van der Waals surface area contributed by atoms with E-state index in [-0.39, 0.29) is 5.56 Å². The van der Waals surface area contributed by atoms with Gasteiger partial charge in [0.15, 0.2) is 0 Å². The summed E-state index contributed by atoms with van der Waals surface area (Å²) < 4.78 is 0.565. The number of nitrogens with one attached hydrogen (secondary N) is 1. The molecule has 0 aliphatic rings. The van der Waals surface area contributed by atoms with Crippen LogP contribution in [0.2, 0.25) is 0 Å². The fraction of sp³-hybridized carbons (Fsp3) is 0.556. The Morgan fingerprint density at radius 1 is 1.46 bits per heavy atom. The van der Waals surface area contributed by atoms with E-state index in [1.165, 1.54) is 0 Å². The summed E-state index contributed by atoms with van der Waals surface area (Å²) in [6.45, 7) is 4.05. The highest BCUT2D eigenvalue weighted by Crippen LogP contribution is 2.09. The molecular weight excluding hydrogens is 232 g/mol. The molecule has 1 aromatic rings. The molecule has 1 heterocycles. The van der Waals surface area contributed by atoms with Gasteiger partial charge in [0.05, 0.1) is 5.69 Å². The molecule has 0 unspecified atom stereocenters. The molecule has 0 aliphatic carbocycles. The minimum Gasteiger partial charge on any atom is -0.310 e. The van der Waals surface area contributed by atoms with Crippen LogP contribution in [0.15, 0.2) is 9.27 Å². The van der Waals surface area contributed by atoms with E-state index in [0.717, 1.165) is 30.8 Å². The lowest BCUT2D eigenvalue weighted by Gasteiger charge is -2.02. The summed E-state index contributed by atoms with van der Waals surface area (Å²) in [5, 5.41) is 0. The fourth-order valence-electron chi connectivity index (χ4n) is 1.15. The molecule has 0 spiro atoms. The Kier molecular flexibility index (Phi) is 3.66. The molecule has 0 saturated heterocycles. The monoisotopic (exact) mass is 244 g/mol. The Labute approximate surface area is 85.7 Å². The highest BCUT2D eigenvalue weighted by molar-refractivity contribution is 9.10. The van der Waals surface area contributed by atoms with Gasteiger partial charge in [-0.05, 0) is 28.8 Å². The molecule has 0 atom stereocenters. The second-order valence-electron chi connectivity index (χ2n) is 2.88. The molecule has 1 N–H and O–H groups in total. The normalized spacial score (nSPS) is 10.4. The Hall–Kier alpha value is -0.640. The van der Waals surface area contributed by atoms with Crippen LogP contribution < -0.4 is 5.56 Å². The Morgan fingerprint density at radius 3 is 2.69 bits per heavy atom.